The maximum atomic E-state index is 12.8. The van der Waals surface area contributed by atoms with Gasteiger partial charge in [0.05, 0.1) is 30.6 Å². The number of rotatable bonds is 4. The lowest BCUT2D eigenvalue weighted by molar-refractivity contribution is -0.136. The van der Waals surface area contributed by atoms with Crippen molar-refractivity contribution in [2.24, 2.45) is 0 Å². The van der Waals surface area contributed by atoms with Crippen LogP contribution in [0.15, 0.2) is 65.9 Å². The molecule has 0 atom stereocenters. The Kier molecular flexibility index (Phi) is 4.20. The van der Waals surface area contributed by atoms with E-state index < -0.39 is 5.97 Å². The van der Waals surface area contributed by atoms with Crippen LogP contribution in [0.4, 0.5) is 17.1 Å². The lowest BCUT2D eigenvalue weighted by Crippen LogP contribution is -2.29. The summed E-state index contributed by atoms with van der Waals surface area (Å²) in [5.74, 6) is -0.865. The van der Waals surface area contributed by atoms with Crippen LogP contribution in [0.25, 0.3) is 0 Å². The van der Waals surface area contributed by atoms with Crippen molar-refractivity contribution in [3.63, 3.8) is 0 Å². The van der Waals surface area contributed by atoms with Gasteiger partial charge < -0.3 is 20.7 Å². The van der Waals surface area contributed by atoms with Crippen molar-refractivity contribution in [1.29, 1.82) is 0 Å². The Bertz CT molecular complexity index is 815. The molecule has 6 nitrogen and oxygen atoms in total. The number of para-hydroxylation sites is 3. The number of benzene rings is 2. The first-order valence-electron chi connectivity index (χ1n) is 7.41. The van der Waals surface area contributed by atoms with E-state index in [1.54, 1.807) is 24.3 Å². The molecule has 1 heterocycles. The number of anilines is 3. The second-order valence-electron chi connectivity index (χ2n) is 5.29. The molecule has 1 aliphatic heterocycles. The molecule has 2 aromatic carbocycles. The first kappa shape index (κ1) is 15.6. The fourth-order valence-electron chi connectivity index (χ4n) is 2.59. The average molecular weight is 323 g/mol. The maximum Gasteiger partial charge on any atom is 0.337 e. The molecule has 6 heteroatoms. The fourth-order valence-corrected chi connectivity index (χ4v) is 2.59. The summed E-state index contributed by atoms with van der Waals surface area (Å²) in [5.41, 5.74) is 8.19. The number of ether oxygens (including phenoxy) is 1. The number of carbonyl (C=O) groups excluding carboxylic acids is 2. The Balaban J connectivity index is 1.97. The van der Waals surface area contributed by atoms with Crippen molar-refractivity contribution < 1.29 is 14.3 Å². The Labute approximate surface area is 139 Å². The van der Waals surface area contributed by atoms with Crippen molar-refractivity contribution in [3.8, 4) is 0 Å². The Morgan fingerprint density at radius 1 is 1.12 bits per heavy atom. The number of nitrogens with one attached hydrogen (secondary N) is 1. The van der Waals surface area contributed by atoms with Gasteiger partial charge in [-0.2, -0.15) is 0 Å². The highest BCUT2D eigenvalue weighted by molar-refractivity contribution is 6.17. The normalized spacial score (nSPS) is 14.0. The molecule has 122 valence electrons. The van der Waals surface area contributed by atoms with Crippen molar-refractivity contribution in [2.45, 2.75) is 0 Å². The number of hydrogen-bond donors (Lipinski definition) is 2. The molecule has 3 rings (SSSR count). The zero-order chi connectivity index (χ0) is 17.1. The van der Waals surface area contributed by atoms with Crippen molar-refractivity contribution in [2.75, 3.05) is 29.6 Å². The molecular formula is C18H17N3O3. The summed E-state index contributed by atoms with van der Waals surface area (Å²) >= 11 is 0. The minimum atomic E-state index is -0.543. The van der Waals surface area contributed by atoms with Crippen molar-refractivity contribution >= 4 is 28.9 Å². The van der Waals surface area contributed by atoms with Gasteiger partial charge in [-0.1, -0.05) is 30.3 Å². The molecule has 2 aromatic rings. The van der Waals surface area contributed by atoms with E-state index in [9.17, 15) is 9.59 Å². The van der Waals surface area contributed by atoms with Crippen LogP contribution in [0.5, 0.6) is 0 Å². The van der Waals surface area contributed by atoms with Crippen LogP contribution in [0.1, 0.15) is 0 Å². The van der Waals surface area contributed by atoms with Gasteiger partial charge in [0.1, 0.15) is 5.70 Å². The van der Waals surface area contributed by atoms with Gasteiger partial charge in [-0.3, -0.25) is 4.79 Å². The topological polar surface area (TPSA) is 84.7 Å². The van der Waals surface area contributed by atoms with Crippen LogP contribution in [0.2, 0.25) is 0 Å². The van der Waals surface area contributed by atoms with Crippen LogP contribution in [0, 0.1) is 0 Å². The molecule has 3 N–H and O–H groups in total. The number of hydrogen-bond acceptors (Lipinski definition) is 5. The van der Waals surface area contributed by atoms with Gasteiger partial charge in [0.2, 0.25) is 0 Å². The summed E-state index contributed by atoms with van der Waals surface area (Å²) in [4.78, 5) is 26.4. The monoisotopic (exact) mass is 323 g/mol. The molecule has 0 aliphatic carbocycles. The van der Waals surface area contributed by atoms with Crippen LogP contribution in [-0.2, 0) is 14.3 Å². The summed E-state index contributed by atoms with van der Waals surface area (Å²) in [6.07, 6.45) is 0. The summed E-state index contributed by atoms with van der Waals surface area (Å²) in [7, 11) is 1.29. The number of carbonyl (C=O) groups is 2. The molecular weight excluding hydrogens is 306 g/mol. The zero-order valence-electron chi connectivity index (χ0n) is 13.2. The van der Waals surface area contributed by atoms with E-state index in [4.69, 9.17) is 10.5 Å². The Hall–Kier alpha value is -3.28. The summed E-state index contributed by atoms with van der Waals surface area (Å²) in [5, 5.41) is 3.02. The highest BCUT2D eigenvalue weighted by atomic mass is 16.5. The largest absolute Gasteiger partial charge is 0.466 e. The van der Waals surface area contributed by atoms with E-state index in [2.05, 4.69) is 5.32 Å². The second-order valence-corrected chi connectivity index (χ2v) is 5.29. The van der Waals surface area contributed by atoms with E-state index in [1.165, 1.54) is 12.0 Å². The van der Waals surface area contributed by atoms with Gasteiger partial charge >= 0.3 is 5.97 Å². The molecule has 0 radical (unpaired) electrons. The number of nitrogen functional groups attached to an aromatic ring is 1. The molecule has 0 spiro atoms. The van der Waals surface area contributed by atoms with Crippen molar-refractivity contribution in [1.82, 2.24) is 0 Å². The van der Waals surface area contributed by atoms with Crippen LogP contribution < -0.4 is 16.0 Å². The lowest BCUT2D eigenvalue weighted by Gasteiger charge is -2.18. The van der Waals surface area contributed by atoms with E-state index in [0.29, 0.717) is 17.1 Å². The Morgan fingerprint density at radius 3 is 2.46 bits per heavy atom. The van der Waals surface area contributed by atoms with Crippen LogP contribution in [-0.4, -0.2) is 25.5 Å². The second kappa shape index (κ2) is 6.45. The molecule has 0 bridgehead atoms. The molecule has 0 unspecified atom stereocenters. The van der Waals surface area contributed by atoms with E-state index >= 15 is 0 Å². The first-order chi connectivity index (χ1) is 11.6. The third kappa shape index (κ3) is 2.81. The van der Waals surface area contributed by atoms with Gasteiger partial charge in [-0.15, -0.1) is 0 Å². The predicted molar refractivity (Wildman–Crippen MR) is 92.3 cm³/mol. The zero-order valence-corrected chi connectivity index (χ0v) is 13.2. The third-order valence-electron chi connectivity index (χ3n) is 3.78. The minimum Gasteiger partial charge on any atom is -0.466 e. The number of esters is 1. The van der Waals surface area contributed by atoms with Crippen LogP contribution in [0.3, 0.4) is 0 Å². The van der Waals surface area contributed by atoms with Gasteiger partial charge in [0.25, 0.3) is 5.91 Å². The van der Waals surface area contributed by atoms with Crippen LogP contribution >= 0.6 is 0 Å². The highest BCUT2D eigenvalue weighted by Crippen LogP contribution is 2.31. The third-order valence-corrected chi connectivity index (χ3v) is 3.78. The number of methoxy groups -OCH3 is 1. The summed E-state index contributed by atoms with van der Waals surface area (Å²) in [6.45, 7) is 0.106. The molecule has 0 saturated heterocycles. The minimum absolute atomic E-state index is 0.106. The summed E-state index contributed by atoms with van der Waals surface area (Å²) < 4.78 is 4.82. The molecule has 0 saturated carbocycles. The number of amides is 1. The highest BCUT2D eigenvalue weighted by Gasteiger charge is 2.36. The van der Waals surface area contributed by atoms with Gasteiger partial charge in [-0.05, 0) is 24.3 Å². The van der Waals surface area contributed by atoms with Crippen molar-refractivity contribution in [3.05, 3.63) is 65.9 Å². The summed E-state index contributed by atoms with van der Waals surface area (Å²) in [6, 6.07) is 16.2. The van der Waals surface area contributed by atoms with E-state index in [-0.39, 0.29) is 23.7 Å². The average Bonchev–Trinajstić information content (AvgIpc) is 2.92. The lowest BCUT2D eigenvalue weighted by atomic mass is 10.2. The number of nitrogens with zero attached hydrogens (tertiary/aromatic N) is 1. The van der Waals surface area contributed by atoms with Gasteiger partial charge in [0.15, 0.2) is 0 Å². The molecule has 1 aliphatic rings. The smallest absolute Gasteiger partial charge is 0.337 e. The van der Waals surface area contributed by atoms with Gasteiger partial charge in [0, 0.05) is 5.69 Å². The number of nitrogens with two attached hydrogens (primary N) is 1. The van der Waals surface area contributed by atoms with E-state index in [0.717, 1.165) is 0 Å². The van der Waals surface area contributed by atoms with E-state index in [1.807, 2.05) is 30.3 Å². The standard InChI is InChI=1S/C18H17N3O3/c1-24-18(23)13-11-21(15-10-6-5-9-14(15)19)17(22)16(13)20-12-7-3-2-4-8-12/h2-10,20H,11,19H2,1H3. The van der Waals surface area contributed by atoms with Gasteiger partial charge in [-0.25, -0.2) is 4.79 Å². The SMILES string of the molecule is COC(=O)C1=C(Nc2ccccc2)C(=O)N(c2ccccc2N)C1. The maximum absolute atomic E-state index is 12.8. The fraction of sp³-hybridized carbons (Fsp3) is 0.111. The first-order valence-corrected chi connectivity index (χ1v) is 7.41. The quantitative estimate of drug-likeness (QED) is 0.665. The Morgan fingerprint density at radius 2 is 1.79 bits per heavy atom. The predicted octanol–water partition coefficient (Wildman–Crippen LogP) is 2.15. The molecule has 0 fully saturated rings. The molecule has 1 amide bonds. The molecule has 24 heavy (non-hydrogen) atoms. The molecule has 0 aromatic heterocycles.